The quantitative estimate of drug-likeness (QED) is 0.585. The fourth-order valence-corrected chi connectivity index (χ4v) is 1.41. The number of β-amino-alcohol motifs (C(OH)–C–C–N with tert-alkyl or cyclic N) is 1. The van der Waals surface area contributed by atoms with Gasteiger partial charge in [-0.1, -0.05) is 6.92 Å². The van der Waals surface area contributed by atoms with Crippen molar-refractivity contribution in [3.8, 4) is 0 Å². The summed E-state index contributed by atoms with van der Waals surface area (Å²) >= 11 is 0. The zero-order valence-electron chi connectivity index (χ0n) is 7.63. The highest BCUT2D eigenvalue weighted by atomic mass is 16.3. The fourth-order valence-electron chi connectivity index (χ4n) is 1.41. The number of carbonyl (C=O) groups is 1. The molecular weight excluding hydrogens is 156 g/mol. The Kier molecular flexibility index (Phi) is 2.69. The van der Waals surface area contributed by atoms with E-state index in [9.17, 15) is 9.90 Å². The van der Waals surface area contributed by atoms with E-state index in [4.69, 9.17) is 0 Å². The number of amides is 1. The molecule has 1 heterocycles. The number of hydrogen-bond acceptors (Lipinski definition) is 3. The molecule has 0 atom stereocenters. The highest BCUT2D eigenvalue weighted by Crippen LogP contribution is 2.18. The van der Waals surface area contributed by atoms with Gasteiger partial charge in [0, 0.05) is 26.6 Å². The number of likely N-dealkylation sites (tertiary alicyclic amines) is 1. The summed E-state index contributed by atoms with van der Waals surface area (Å²) in [4.78, 5) is 12.7. The summed E-state index contributed by atoms with van der Waals surface area (Å²) in [5.74, 6) is -0.0848. The van der Waals surface area contributed by atoms with Gasteiger partial charge in [-0.05, 0) is 6.54 Å². The molecule has 0 radical (unpaired) electrons. The van der Waals surface area contributed by atoms with Crippen LogP contribution in [-0.4, -0.2) is 47.7 Å². The van der Waals surface area contributed by atoms with Crippen molar-refractivity contribution in [2.24, 2.45) is 0 Å². The van der Waals surface area contributed by atoms with E-state index in [0.29, 0.717) is 19.6 Å². The third kappa shape index (κ3) is 2.19. The van der Waals surface area contributed by atoms with E-state index in [1.807, 2.05) is 0 Å². The topological polar surface area (TPSA) is 52.6 Å². The van der Waals surface area contributed by atoms with Crippen LogP contribution in [-0.2, 0) is 4.79 Å². The highest BCUT2D eigenvalue weighted by molar-refractivity contribution is 5.72. The van der Waals surface area contributed by atoms with Crippen molar-refractivity contribution >= 4 is 5.91 Å². The molecule has 70 valence electrons. The SMILES string of the molecule is CCN1CC(O)(CNC(C)=O)C1. The standard InChI is InChI=1S/C8H16N2O2/c1-3-10-5-8(12,6-10)4-9-7(2)11/h12H,3-6H2,1-2H3,(H,9,11). The molecule has 0 aromatic carbocycles. The average molecular weight is 172 g/mol. The van der Waals surface area contributed by atoms with Crippen LogP contribution < -0.4 is 5.32 Å². The van der Waals surface area contributed by atoms with Crippen molar-refractivity contribution in [2.75, 3.05) is 26.2 Å². The van der Waals surface area contributed by atoms with E-state index >= 15 is 0 Å². The average Bonchev–Trinajstić information content (AvgIpc) is 1.95. The van der Waals surface area contributed by atoms with Gasteiger partial charge in [-0.25, -0.2) is 0 Å². The van der Waals surface area contributed by atoms with Gasteiger partial charge in [-0.15, -0.1) is 0 Å². The van der Waals surface area contributed by atoms with E-state index < -0.39 is 5.60 Å². The monoisotopic (exact) mass is 172 g/mol. The Bertz CT molecular complexity index is 176. The normalized spacial score (nSPS) is 21.6. The predicted octanol–water partition coefficient (Wildman–Crippen LogP) is -0.811. The summed E-state index contributed by atoms with van der Waals surface area (Å²) in [7, 11) is 0. The number of nitrogens with zero attached hydrogens (tertiary/aromatic N) is 1. The van der Waals surface area contributed by atoms with Crippen LogP contribution in [0.25, 0.3) is 0 Å². The van der Waals surface area contributed by atoms with Crippen molar-refractivity contribution in [1.29, 1.82) is 0 Å². The van der Waals surface area contributed by atoms with E-state index in [0.717, 1.165) is 6.54 Å². The number of carbonyl (C=O) groups excluding carboxylic acids is 1. The molecule has 0 unspecified atom stereocenters. The molecule has 1 aliphatic rings. The summed E-state index contributed by atoms with van der Waals surface area (Å²) in [5, 5.41) is 12.3. The third-order valence-electron chi connectivity index (χ3n) is 2.15. The van der Waals surface area contributed by atoms with Crippen LogP contribution in [0.1, 0.15) is 13.8 Å². The minimum absolute atomic E-state index is 0.0848. The summed E-state index contributed by atoms with van der Waals surface area (Å²) in [6.07, 6.45) is 0. The number of nitrogens with one attached hydrogen (secondary N) is 1. The molecule has 0 saturated carbocycles. The molecule has 4 heteroatoms. The lowest BCUT2D eigenvalue weighted by molar-refractivity contribution is -0.124. The first kappa shape index (κ1) is 9.48. The van der Waals surface area contributed by atoms with Gasteiger partial charge >= 0.3 is 0 Å². The molecule has 1 fully saturated rings. The summed E-state index contributed by atoms with van der Waals surface area (Å²) in [6.45, 7) is 6.19. The molecule has 1 rings (SSSR count). The van der Waals surface area contributed by atoms with Gasteiger partial charge in [0.15, 0.2) is 0 Å². The van der Waals surface area contributed by atoms with Crippen LogP contribution in [0, 0.1) is 0 Å². The van der Waals surface area contributed by atoms with Crippen molar-refractivity contribution in [2.45, 2.75) is 19.4 Å². The Morgan fingerprint density at radius 2 is 2.25 bits per heavy atom. The van der Waals surface area contributed by atoms with Crippen LogP contribution in [0.5, 0.6) is 0 Å². The van der Waals surface area contributed by atoms with E-state index in [1.54, 1.807) is 0 Å². The molecule has 0 spiro atoms. The lowest BCUT2D eigenvalue weighted by atomic mass is 9.94. The number of hydrogen-bond donors (Lipinski definition) is 2. The molecule has 0 bridgehead atoms. The largest absolute Gasteiger partial charge is 0.385 e. The number of rotatable bonds is 3. The lowest BCUT2D eigenvalue weighted by Crippen LogP contribution is -2.65. The Balaban J connectivity index is 2.21. The molecule has 4 nitrogen and oxygen atoms in total. The van der Waals surface area contributed by atoms with Crippen LogP contribution >= 0.6 is 0 Å². The molecule has 12 heavy (non-hydrogen) atoms. The molecule has 0 aromatic rings. The maximum atomic E-state index is 10.5. The Labute approximate surface area is 72.6 Å². The van der Waals surface area contributed by atoms with Crippen LogP contribution in [0.4, 0.5) is 0 Å². The minimum Gasteiger partial charge on any atom is -0.385 e. The van der Waals surface area contributed by atoms with E-state index in [-0.39, 0.29) is 5.91 Å². The third-order valence-corrected chi connectivity index (χ3v) is 2.15. The van der Waals surface area contributed by atoms with Gasteiger partial charge in [0.2, 0.25) is 5.91 Å². The Morgan fingerprint density at radius 3 is 2.67 bits per heavy atom. The first-order valence-electron chi connectivity index (χ1n) is 4.25. The zero-order chi connectivity index (χ0) is 9.19. The van der Waals surface area contributed by atoms with Gasteiger partial charge in [0.25, 0.3) is 0 Å². The van der Waals surface area contributed by atoms with Crippen LogP contribution in [0.15, 0.2) is 0 Å². The van der Waals surface area contributed by atoms with Crippen molar-refractivity contribution in [3.63, 3.8) is 0 Å². The molecule has 2 N–H and O–H groups in total. The van der Waals surface area contributed by atoms with Crippen molar-refractivity contribution in [1.82, 2.24) is 10.2 Å². The lowest BCUT2D eigenvalue weighted by Gasteiger charge is -2.46. The fraction of sp³-hybridized carbons (Fsp3) is 0.875. The molecular formula is C8H16N2O2. The zero-order valence-corrected chi connectivity index (χ0v) is 7.63. The van der Waals surface area contributed by atoms with Crippen LogP contribution in [0.3, 0.4) is 0 Å². The Morgan fingerprint density at radius 1 is 1.67 bits per heavy atom. The van der Waals surface area contributed by atoms with Crippen molar-refractivity contribution in [3.05, 3.63) is 0 Å². The second kappa shape index (κ2) is 3.41. The van der Waals surface area contributed by atoms with E-state index in [1.165, 1.54) is 6.92 Å². The predicted molar refractivity (Wildman–Crippen MR) is 45.7 cm³/mol. The highest BCUT2D eigenvalue weighted by Gasteiger charge is 2.39. The molecule has 1 aliphatic heterocycles. The van der Waals surface area contributed by atoms with Gasteiger partial charge in [-0.2, -0.15) is 0 Å². The molecule has 0 aliphatic carbocycles. The summed E-state index contributed by atoms with van der Waals surface area (Å²) in [5.41, 5.74) is -0.679. The first-order chi connectivity index (χ1) is 5.56. The maximum Gasteiger partial charge on any atom is 0.216 e. The minimum atomic E-state index is -0.679. The summed E-state index contributed by atoms with van der Waals surface area (Å²) in [6, 6.07) is 0. The van der Waals surface area contributed by atoms with Gasteiger partial charge < -0.3 is 10.4 Å². The molecule has 1 saturated heterocycles. The van der Waals surface area contributed by atoms with Gasteiger partial charge in [-0.3, -0.25) is 9.69 Å². The van der Waals surface area contributed by atoms with Gasteiger partial charge in [0.05, 0.1) is 0 Å². The smallest absolute Gasteiger partial charge is 0.216 e. The number of aliphatic hydroxyl groups is 1. The van der Waals surface area contributed by atoms with Crippen molar-refractivity contribution < 1.29 is 9.90 Å². The maximum absolute atomic E-state index is 10.5. The molecule has 1 amide bonds. The van der Waals surface area contributed by atoms with Gasteiger partial charge in [0.1, 0.15) is 5.60 Å². The second-order valence-electron chi connectivity index (χ2n) is 3.44. The molecule has 0 aromatic heterocycles. The summed E-state index contributed by atoms with van der Waals surface area (Å²) < 4.78 is 0. The Hall–Kier alpha value is -0.610. The van der Waals surface area contributed by atoms with E-state index in [2.05, 4.69) is 17.1 Å². The first-order valence-corrected chi connectivity index (χ1v) is 4.25. The number of likely N-dealkylation sites (N-methyl/N-ethyl adjacent to an activating group) is 1. The second-order valence-corrected chi connectivity index (χ2v) is 3.44. The van der Waals surface area contributed by atoms with Crippen LogP contribution in [0.2, 0.25) is 0 Å².